The second-order valence-electron chi connectivity index (χ2n) is 5.99. The van der Waals surface area contributed by atoms with E-state index in [-0.39, 0.29) is 11.7 Å². The maximum atomic E-state index is 12.0. The van der Waals surface area contributed by atoms with E-state index >= 15 is 0 Å². The van der Waals surface area contributed by atoms with Crippen molar-refractivity contribution in [3.05, 3.63) is 29.8 Å². The standard InChI is InChI=1S/C16H22N2O4/c1-10(17-15(21)22-16(3,4)5)14(20)18-13-8-6-12(7-9-13)11(2)19/h6-10H,1-5H3,(H,17,21)(H,18,20). The van der Waals surface area contributed by atoms with Crippen molar-refractivity contribution in [2.75, 3.05) is 5.32 Å². The number of anilines is 1. The van der Waals surface area contributed by atoms with Gasteiger partial charge in [0.15, 0.2) is 5.78 Å². The Hall–Kier alpha value is -2.37. The van der Waals surface area contributed by atoms with Gasteiger partial charge in [-0.2, -0.15) is 0 Å². The van der Waals surface area contributed by atoms with Gasteiger partial charge in [-0.1, -0.05) is 0 Å². The van der Waals surface area contributed by atoms with Gasteiger partial charge in [-0.3, -0.25) is 9.59 Å². The minimum absolute atomic E-state index is 0.0437. The van der Waals surface area contributed by atoms with Gasteiger partial charge in [-0.05, 0) is 58.9 Å². The normalized spacial score (nSPS) is 12.2. The van der Waals surface area contributed by atoms with Crippen molar-refractivity contribution < 1.29 is 19.1 Å². The summed E-state index contributed by atoms with van der Waals surface area (Å²) in [4.78, 5) is 34.8. The first kappa shape index (κ1) is 17.7. The fourth-order valence-electron chi connectivity index (χ4n) is 1.59. The average Bonchev–Trinajstić information content (AvgIpc) is 2.36. The summed E-state index contributed by atoms with van der Waals surface area (Å²) in [5, 5.41) is 5.11. The fraction of sp³-hybridized carbons (Fsp3) is 0.438. The molecule has 0 radical (unpaired) electrons. The van der Waals surface area contributed by atoms with Crippen LogP contribution in [0.3, 0.4) is 0 Å². The van der Waals surface area contributed by atoms with E-state index < -0.39 is 17.7 Å². The van der Waals surface area contributed by atoms with Gasteiger partial charge in [0.25, 0.3) is 0 Å². The van der Waals surface area contributed by atoms with Crippen LogP contribution in [-0.4, -0.2) is 29.4 Å². The lowest BCUT2D eigenvalue weighted by Crippen LogP contribution is -2.43. The summed E-state index contributed by atoms with van der Waals surface area (Å²) in [6.45, 7) is 8.26. The number of nitrogens with one attached hydrogen (secondary N) is 2. The Labute approximate surface area is 130 Å². The highest BCUT2D eigenvalue weighted by Gasteiger charge is 2.21. The SMILES string of the molecule is CC(=O)c1ccc(NC(=O)C(C)NC(=O)OC(C)(C)C)cc1. The highest BCUT2D eigenvalue weighted by molar-refractivity contribution is 5.97. The smallest absolute Gasteiger partial charge is 0.408 e. The van der Waals surface area contributed by atoms with Crippen molar-refractivity contribution in [1.29, 1.82) is 0 Å². The molecule has 1 unspecified atom stereocenters. The summed E-state index contributed by atoms with van der Waals surface area (Å²) < 4.78 is 5.08. The van der Waals surface area contributed by atoms with Crippen LogP contribution in [0.1, 0.15) is 45.0 Å². The molecule has 0 heterocycles. The molecule has 2 amide bonds. The molecule has 1 aromatic rings. The second kappa shape index (κ2) is 7.06. The molecule has 2 N–H and O–H groups in total. The number of ether oxygens (including phenoxy) is 1. The number of carbonyl (C=O) groups is 3. The summed E-state index contributed by atoms with van der Waals surface area (Å²) in [6, 6.07) is 5.78. The van der Waals surface area contributed by atoms with Gasteiger partial charge >= 0.3 is 6.09 Å². The molecule has 0 bridgehead atoms. The van der Waals surface area contributed by atoms with E-state index in [1.54, 1.807) is 52.0 Å². The van der Waals surface area contributed by atoms with Gasteiger partial charge in [0.1, 0.15) is 11.6 Å². The monoisotopic (exact) mass is 306 g/mol. The van der Waals surface area contributed by atoms with Gasteiger partial charge in [0.2, 0.25) is 5.91 Å². The van der Waals surface area contributed by atoms with Crippen molar-refractivity contribution in [3.63, 3.8) is 0 Å². The summed E-state index contributed by atoms with van der Waals surface area (Å²) in [5.74, 6) is -0.417. The lowest BCUT2D eigenvalue weighted by molar-refractivity contribution is -0.117. The highest BCUT2D eigenvalue weighted by atomic mass is 16.6. The van der Waals surface area contributed by atoms with Crippen molar-refractivity contribution in [3.8, 4) is 0 Å². The van der Waals surface area contributed by atoms with E-state index in [4.69, 9.17) is 4.74 Å². The van der Waals surface area contributed by atoms with E-state index in [1.807, 2.05) is 0 Å². The predicted molar refractivity (Wildman–Crippen MR) is 83.9 cm³/mol. The van der Waals surface area contributed by atoms with E-state index in [9.17, 15) is 14.4 Å². The molecule has 0 aliphatic carbocycles. The lowest BCUT2D eigenvalue weighted by atomic mass is 10.1. The third-order valence-corrected chi connectivity index (χ3v) is 2.69. The number of rotatable bonds is 4. The summed E-state index contributed by atoms with van der Waals surface area (Å²) in [7, 11) is 0. The van der Waals surface area contributed by atoms with Crippen molar-refractivity contribution in [2.24, 2.45) is 0 Å². The molecule has 0 aliphatic heterocycles. The molecule has 0 aromatic heterocycles. The van der Waals surface area contributed by atoms with E-state index in [2.05, 4.69) is 10.6 Å². The molecule has 0 fully saturated rings. The van der Waals surface area contributed by atoms with Crippen molar-refractivity contribution in [1.82, 2.24) is 5.32 Å². The predicted octanol–water partition coefficient (Wildman–Crippen LogP) is 2.74. The van der Waals surface area contributed by atoms with Gasteiger partial charge < -0.3 is 15.4 Å². The number of benzene rings is 1. The van der Waals surface area contributed by atoms with Crippen LogP contribution in [0.15, 0.2) is 24.3 Å². The molecule has 0 saturated heterocycles. The van der Waals surface area contributed by atoms with Gasteiger partial charge in [-0.25, -0.2) is 4.79 Å². The third kappa shape index (κ3) is 5.95. The second-order valence-corrected chi connectivity index (χ2v) is 5.99. The molecular weight excluding hydrogens is 284 g/mol. The van der Waals surface area contributed by atoms with Gasteiger partial charge in [0, 0.05) is 11.3 Å². The number of amides is 2. The number of hydrogen-bond acceptors (Lipinski definition) is 4. The summed E-state index contributed by atoms with van der Waals surface area (Å²) in [6.07, 6.45) is -0.651. The van der Waals surface area contributed by atoms with Crippen LogP contribution in [0.25, 0.3) is 0 Å². The number of hydrogen-bond donors (Lipinski definition) is 2. The van der Waals surface area contributed by atoms with Crippen LogP contribution in [0.4, 0.5) is 10.5 Å². The fourth-order valence-corrected chi connectivity index (χ4v) is 1.59. The van der Waals surface area contributed by atoms with Gasteiger partial charge in [0.05, 0.1) is 0 Å². The summed E-state index contributed by atoms with van der Waals surface area (Å²) in [5.41, 5.74) is 0.494. The van der Waals surface area contributed by atoms with Gasteiger partial charge in [-0.15, -0.1) is 0 Å². The van der Waals surface area contributed by atoms with Crippen LogP contribution >= 0.6 is 0 Å². The molecule has 0 saturated carbocycles. The Balaban J connectivity index is 2.57. The summed E-state index contributed by atoms with van der Waals surface area (Å²) >= 11 is 0. The number of alkyl carbamates (subject to hydrolysis) is 1. The molecule has 6 heteroatoms. The Morgan fingerprint density at radius 2 is 1.64 bits per heavy atom. The number of ketones is 1. The molecule has 22 heavy (non-hydrogen) atoms. The largest absolute Gasteiger partial charge is 0.444 e. The maximum Gasteiger partial charge on any atom is 0.408 e. The molecule has 1 atom stereocenters. The zero-order valence-corrected chi connectivity index (χ0v) is 13.5. The van der Waals surface area contributed by atoms with E-state index in [1.165, 1.54) is 6.92 Å². The molecule has 0 spiro atoms. The van der Waals surface area contributed by atoms with E-state index in [0.29, 0.717) is 11.3 Å². The molecule has 1 rings (SSSR count). The third-order valence-electron chi connectivity index (χ3n) is 2.69. The first-order valence-corrected chi connectivity index (χ1v) is 7.00. The maximum absolute atomic E-state index is 12.0. The number of Topliss-reactive ketones (excluding diaryl/α,β-unsaturated/α-hetero) is 1. The van der Waals surface area contributed by atoms with Crippen LogP contribution in [0.2, 0.25) is 0 Å². The average molecular weight is 306 g/mol. The minimum atomic E-state index is -0.748. The first-order valence-electron chi connectivity index (χ1n) is 7.00. The van der Waals surface area contributed by atoms with Crippen molar-refractivity contribution >= 4 is 23.5 Å². The first-order chi connectivity index (χ1) is 10.1. The Kier molecular flexibility index (Phi) is 5.68. The molecular formula is C16H22N2O4. The minimum Gasteiger partial charge on any atom is -0.444 e. The van der Waals surface area contributed by atoms with Crippen LogP contribution in [0, 0.1) is 0 Å². The van der Waals surface area contributed by atoms with Crippen LogP contribution in [0.5, 0.6) is 0 Å². The molecule has 120 valence electrons. The Morgan fingerprint density at radius 3 is 2.09 bits per heavy atom. The highest BCUT2D eigenvalue weighted by Crippen LogP contribution is 2.11. The molecule has 1 aromatic carbocycles. The Morgan fingerprint density at radius 1 is 1.09 bits per heavy atom. The number of carbonyl (C=O) groups excluding carboxylic acids is 3. The quantitative estimate of drug-likeness (QED) is 0.838. The topological polar surface area (TPSA) is 84.5 Å². The Bertz CT molecular complexity index is 559. The lowest BCUT2D eigenvalue weighted by Gasteiger charge is -2.21. The molecule has 0 aliphatic rings. The zero-order valence-electron chi connectivity index (χ0n) is 13.5. The molecule has 6 nitrogen and oxygen atoms in total. The van der Waals surface area contributed by atoms with Crippen LogP contribution < -0.4 is 10.6 Å². The zero-order chi connectivity index (χ0) is 16.9. The van der Waals surface area contributed by atoms with Crippen molar-refractivity contribution in [2.45, 2.75) is 46.3 Å². The van der Waals surface area contributed by atoms with E-state index in [0.717, 1.165) is 0 Å². The van der Waals surface area contributed by atoms with Crippen LogP contribution in [-0.2, 0) is 9.53 Å².